The number of rotatable bonds is 4. The summed E-state index contributed by atoms with van der Waals surface area (Å²) >= 11 is 0. The van der Waals surface area contributed by atoms with Crippen LogP contribution in [0, 0.1) is 12.8 Å². The maximum atomic E-state index is 10.1. The van der Waals surface area contributed by atoms with Crippen LogP contribution in [0.3, 0.4) is 0 Å². The van der Waals surface area contributed by atoms with Gasteiger partial charge in [0, 0.05) is 31.6 Å². The summed E-state index contributed by atoms with van der Waals surface area (Å²) in [5.41, 5.74) is 1.07. The summed E-state index contributed by atoms with van der Waals surface area (Å²) in [6, 6.07) is 0. The predicted molar refractivity (Wildman–Crippen MR) is 82.3 cm³/mol. The molecule has 0 radical (unpaired) electrons. The van der Waals surface area contributed by atoms with Crippen LogP contribution in [0.5, 0.6) is 0 Å². The van der Waals surface area contributed by atoms with Gasteiger partial charge in [-0.1, -0.05) is 13.8 Å². The maximum Gasteiger partial charge on any atom is 0.137 e. The van der Waals surface area contributed by atoms with Crippen LogP contribution in [0.2, 0.25) is 0 Å². The zero-order valence-corrected chi connectivity index (χ0v) is 13.0. The van der Waals surface area contributed by atoms with Gasteiger partial charge in [-0.2, -0.15) is 0 Å². The summed E-state index contributed by atoms with van der Waals surface area (Å²) in [7, 11) is 0. The van der Waals surface area contributed by atoms with Crippen LogP contribution in [0.15, 0.2) is 0 Å². The second kappa shape index (κ2) is 6.39. The lowest BCUT2D eigenvalue weighted by Crippen LogP contribution is -2.43. The number of hydrogen-bond donors (Lipinski definition) is 2. The van der Waals surface area contributed by atoms with Crippen molar-refractivity contribution in [1.82, 2.24) is 9.97 Å². The monoisotopic (exact) mass is 278 g/mol. The number of nitrogens with zero attached hydrogens (tertiary/aromatic N) is 3. The van der Waals surface area contributed by atoms with Gasteiger partial charge >= 0.3 is 0 Å². The second-order valence-electron chi connectivity index (χ2n) is 5.60. The molecule has 112 valence electrons. The molecule has 1 fully saturated rings. The summed E-state index contributed by atoms with van der Waals surface area (Å²) in [5, 5.41) is 13.4. The highest BCUT2D eigenvalue weighted by Gasteiger charge is 2.27. The molecule has 0 bridgehead atoms. The highest BCUT2D eigenvalue weighted by Crippen LogP contribution is 2.28. The zero-order valence-electron chi connectivity index (χ0n) is 13.0. The first-order valence-electron chi connectivity index (χ1n) is 7.61. The van der Waals surface area contributed by atoms with Gasteiger partial charge in [-0.3, -0.25) is 0 Å². The fourth-order valence-corrected chi connectivity index (χ4v) is 2.60. The molecule has 0 spiro atoms. The third-order valence-corrected chi connectivity index (χ3v) is 4.05. The topological polar surface area (TPSA) is 61.3 Å². The molecule has 1 aliphatic rings. The Bertz CT molecular complexity index is 463. The van der Waals surface area contributed by atoms with E-state index in [9.17, 15) is 5.11 Å². The number of nitrogens with one attached hydrogen (secondary N) is 1. The fraction of sp³-hybridized carbons (Fsp3) is 0.733. The number of piperidine rings is 1. The zero-order chi connectivity index (χ0) is 14.7. The number of anilines is 2. The first kappa shape index (κ1) is 15.0. The van der Waals surface area contributed by atoms with Gasteiger partial charge in [0.1, 0.15) is 17.5 Å². The number of aromatic nitrogens is 2. The number of aliphatic hydroxyl groups is 1. The predicted octanol–water partition coefficient (Wildman–Crippen LogP) is 1.99. The maximum absolute atomic E-state index is 10.1. The Morgan fingerprint density at radius 1 is 1.35 bits per heavy atom. The highest BCUT2D eigenvalue weighted by atomic mass is 16.3. The van der Waals surface area contributed by atoms with Crippen LogP contribution >= 0.6 is 0 Å². The van der Waals surface area contributed by atoms with Crippen LogP contribution in [0.4, 0.5) is 11.6 Å². The van der Waals surface area contributed by atoms with E-state index in [-0.39, 0.29) is 6.10 Å². The lowest BCUT2D eigenvalue weighted by atomic mass is 9.96. The standard InChI is InChI=1S/C15H26N4O/c1-5-13-17-14(16-6-2)11(4)15(18-13)19-8-7-10(3)12(20)9-19/h10,12,20H,5-9H2,1-4H3,(H,16,17,18). The van der Waals surface area contributed by atoms with Crippen molar-refractivity contribution in [2.75, 3.05) is 29.9 Å². The van der Waals surface area contributed by atoms with Crippen molar-refractivity contribution in [3.63, 3.8) is 0 Å². The fourth-order valence-electron chi connectivity index (χ4n) is 2.60. The molecule has 20 heavy (non-hydrogen) atoms. The molecule has 2 unspecified atom stereocenters. The summed E-state index contributed by atoms with van der Waals surface area (Å²) in [6.07, 6.45) is 1.55. The van der Waals surface area contributed by atoms with Gasteiger partial charge in [0.2, 0.25) is 0 Å². The Labute approximate surface area is 121 Å². The minimum Gasteiger partial charge on any atom is -0.391 e. The number of aryl methyl sites for hydroxylation is 1. The van der Waals surface area contributed by atoms with E-state index in [4.69, 9.17) is 0 Å². The molecule has 1 aromatic rings. The van der Waals surface area contributed by atoms with Crippen LogP contribution < -0.4 is 10.2 Å². The summed E-state index contributed by atoms with van der Waals surface area (Å²) < 4.78 is 0. The van der Waals surface area contributed by atoms with Crippen LogP contribution in [-0.4, -0.2) is 40.8 Å². The molecule has 1 aliphatic heterocycles. The van der Waals surface area contributed by atoms with Crippen molar-refractivity contribution in [1.29, 1.82) is 0 Å². The van der Waals surface area contributed by atoms with Gasteiger partial charge in [0.05, 0.1) is 6.10 Å². The molecule has 2 N–H and O–H groups in total. The van der Waals surface area contributed by atoms with Gasteiger partial charge < -0.3 is 15.3 Å². The van der Waals surface area contributed by atoms with E-state index >= 15 is 0 Å². The first-order chi connectivity index (χ1) is 9.56. The molecule has 2 atom stereocenters. The highest BCUT2D eigenvalue weighted by molar-refractivity contribution is 5.59. The summed E-state index contributed by atoms with van der Waals surface area (Å²) in [4.78, 5) is 11.4. The van der Waals surface area contributed by atoms with Crippen molar-refractivity contribution in [2.45, 2.75) is 46.6 Å². The lowest BCUT2D eigenvalue weighted by Gasteiger charge is -2.36. The number of hydrogen-bond acceptors (Lipinski definition) is 5. The molecule has 0 amide bonds. The molecule has 0 saturated carbocycles. The van der Waals surface area contributed by atoms with E-state index in [2.05, 4.69) is 47.9 Å². The molecule has 1 aromatic heterocycles. The van der Waals surface area contributed by atoms with Crippen LogP contribution in [-0.2, 0) is 6.42 Å². The quantitative estimate of drug-likeness (QED) is 0.882. The molecule has 5 heteroatoms. The number of β-amino-alcohol motifs (C(OH)–C–C–N with tert-alkyl or cyclic N) is 1. The SMILES string of the molecule is CCNc1nc(CC)nc(N2CCC(C)C(O)C2)c1C. The molecule has 0 aliphatic carbocycles. The van der Waals surface area contributed by atoms with Crippen molar-refractivity contribution < 1.29 is 5.11 Å². The lowest BCUT2D eigenvalue weighted by molar-refractivity contribution is 0.102. The van der Waals surface area contributed by atoms with E-state index in [1.54, 1.807) is 0 Å². The third-order valence-electron chi connectivity index (χ3n) is 4.05. The smallest absolute Gasteiger partial charge is 0.137 e. The van der Waals surface area contributed by atoms with Crippen molar-refractivity contribution in [3.8, 4) is 0 Å². The van der Waals surface area contributed by atoms with E-state index < -0.39 is 0 Å². The van der Waals surface area contributed by atoms with Crippen LogP contribution in [0.25, 0.3) is 0 Å². The van der Waals surface area contributed by atoms with E-state index in [1.165, 1.54) is 0 Å². The molecule has 5 nitrogen and oxygen atoms in total. The van der Waals surface area contributed by atoms with Crippen LogP contribution in [0.1, 0.15) is 38.6 Å². The normalized spacial score (nSPS) is 22.9. The van der Waals surface area contributed by atoms with Crippen molar-refractivity contribution in [2.24, 2.45) is 5.92 Å². The summed E-state index contributed by atoms with van der Waals surface area (Å²) in [6.45, 7) is 10.8. The van der Waals surface area contributed by atoms with E-state index in [0.717, 1.165) is 49.0 Å². The third kappa shape index (κ3) is 3.03. The molecule has 2 rings (SSSR count). The molecular formula is C15H26N4O. The first-order valence-corrected chi connectivity index (χ1v) is 7.61. The van der Waals surface area contributed by atoms with Gasteiger partial charge in [-0.25, -0.2) is 9.97 Å². The Balaban J connectivity index is 2.32. The minimum absolute atomic E-state index is 0.272. The Morgan fingerprint density at radius 3 is 2.70 bits per heavy atom. The summed E-state index contributed by atoms with van der Waals surface area (Å²) in [5.74, 6) is 3.11. The van der Waals surface area contributed by atoms with Gasteiger partial charge in [-0.05, 0) is 26.2 Å². The molecular weight excluding hydrogens is 252 g/mol. The van der Waals surface area contributed by atoms with Gasteiger partial charge in [-0.15, -0.1) is 0 Å². The molecule has 0 aromatic carbocycles. The average molecular weight is 278 g/mol. The Kier molecular flexibility index (Phi) is 4.81. The molecule has 2 heterocycles. The Morgan fingerprint density at radius 2 is 2.10 bits per heavy atom. The van der Waals surface area contributed by atoms with E-state index in [1.807, 2.05) is 0 Å². The van der Waals surface area contributed by atoms with E-state index in [0.29, 0.717) is 12.5 Å². The molecule has 1 saturated heterocycles. The van der Waals surface area contributed by atoms with Gasteiger partial charge in [0.15, 0.2) is 0 Å². The largest absolute Gasteiger partial charge is 0.391 e. The number of aliphatic hydroxyl groups excluding tert-OH is 1. The average Bonchev–Trinajstić information content (AvgIpc) is 2.44. The van der Waals surface area contributed by atoms with Crippen molar-refractivity contribution in [3.05, 3.63) is 11.4 Å². The van der Waals surface area contributed by atoms with Gasteiger partial charge in [0.25, 0.3) is 0 Å². The second-order valence-corrected chi connectivity index (χ2v) is 5.60. The van der Waals surface area contributed by atoms with Crippen molar-refractivity contribution >= 4 is 11.6 Å². The Hall–Kier alpha value is -1.36. The minimum atomic E-state index is -0.272.